The Kier molecular flexibility index (Phi) is 1.66. The first-order valence-corrected chi connectivity index (χ1v) is 4.02. The van der Waals surface area contributed by atoms with E-state index in [1.807, 2.05) is 0 Å². The van der Waals surface area contributed by atoms with Crippen LogP contribution in [0.25, 0.3) is 5.65 Å². The molecule has 0 saturated carbocycles. The molecule has 2 nitrogen and oxygen atoms in total. The van der Waals surface area contributed by atoms with Gasteiger partial charge in [0.1, 0.15) is 5.65 Å². The first-order chi connectivity index (χ1) is 5.68. The smallest absolute Gasteiger partial charge is 0.209 e. The zero-order chi connectivity index (χ0) is 8.72. The first-order valence-electron chi connectivity index (χ1n) is 3.23. The Labute approximate surface area is 77.6 Å². The second-order valence-corrected chi connectivity index (χ2v) is 3.17. The summed E-state index contributed by atoms with van der Waals surface area (Å²) >= 11 is 10.7. The minimum atomic E-state index is -0.433. The van der Waals surface area contributed by atoms with E-state index in [2.05, 4.69) is 4.98 Å². The number of H-pyrrole nitrogens is 1. The van der Waals surface area contributed by atoms with Gasteiger partial charge in [-0.3, -0.25) is 0 Å². The molecule has 0 atom stereocenters. The van der Waals surface area contributed by atoms with Crippen molar-refractivity contribution in [3.63, 3.8) is 0 Å². The summed E-state index contributed by atoms with van der Waals surface area (Å²) in [6, 6.07) is 1.65. The standard InChI is InChI=1S/C7H4ClFN2S/c8-6-4(12)1-2-11-3-5(9)10-7(6)11/h1-3,10H. The van der Waals surface area contributed by atoms with Crippen LogP contribution in [0.5, 0.6) is 0 Å². The monoisotopic (exact) mass is 202 g/mol. The van der Waals surface area contributed by atoms with Gasteiger partial charge in [0.2, 0.25) is 5.95 Å². The van der Waals surface area contributed by atoms with E-state index >= 15 is 0 Å². The van der Waals surface area contributed by atoms with Crippen LogP contribution in [-0.2, 0) is 0 Å². The molecule has 62 valence electrons. The third-order valence-corrected chi connectivity index (χ3v) is 2.39. The van der Waals surface area contributed by atoms with Crippen molar-refractivity contribution in [2.75, 3.05) is 0 Å². The van der Waals surface area contributed by atoms with Gasteiger partial charge in [0.15, 0.2) is 0 Å². The molecule has 0 amide bonds. The van der Waals surface area contributed by atoms with Gasteiger partial charge in [-0.1, -0.05) is 23.8 Å². The molecule has 0 aliphatic carbocycles. The highest BCUT2D eigenvalue weighted by Crippen LogP contribution is 2.17. The van der Waals surface area contributed by atoms with Crippen LogP contribution in [0.1, 0.15) is 0 Å². The van der Waals surface area contributed by atoms with Crippen LogP contribution in [0.2, 0.25) is 5.02 Å². The maximum absolute atomic E-state index is 12.7. The number of rotatable bonds is 0. The van der Waals surface area contributed by atoms with E-state index in [4.69, 9.17) is 23.8 Å². The molecule has 0 aromatic carbocycles. The lowest BCUT2D eigenvalue weighted by Gasteiger charge is -1.93. The molecule has 0 aliphatic rings. The normalized spacial score (nSPS) is 10.8. The average Bonchev–Trinajstić information content (AvgIpc) is 2.39. The Bertz CT molecular complexity index is 488. The van der Waals surface area contributed by atoms with Crippen LogP contribution in [0.4, 0.5) is 4.39 Å². The molecule has 0 radical (unpaired) electrons. The quantitative estimate of drug-likeness (QED) is 0.652. The Hall–Kier alpha value is -0.870. The van der Waals surface area contributed by atoms with Crippen molar-refractivity contribution in [2.45, 2.75) is 0 Å². The highest BCUT2D eigenvalue weighted by atomic mass is 35.5. The van der Waals surface area contributed by atoms with Gasteiger partial charge >= 0.3 is 0 Å². The van der Waals surface area contributed by atoms with Crippen molar-refractivity contribution in [3.05, 3.63) is 33.9 Å². The highest BCUT2D eigenvalue weighted by Gasteiger charge is 2.02. The SMILES string of the molecule is Fc1cn2ccc(=S)c(Cl)c2[nH]1. The molecule has 5 heteroatoms. The van der Waals surface area contributed by atoms with Crippen LogP contribution in [0, 0.1) is 10.5 Å². The van der Waals surface area contributed by atoms with E-state index < -0.39 is 5.95 Å². The maximum atomic E-state index is 12.7. The summed E-state index contributed by atoms with van der Waals surface area (Å²) < 4.78 is 14.7. The number of pyridine rings is 1. The van der Waals surface area contributed by atoms with Gasteiger partial charge in [-0.05, 0) is 6.07 Å². The fourth-order valence-corrected chi connectivity index (χ4v) is 1.39. The molecule has 2 rings (SSSR count). The summed E-state index contributed by atoms with van der Waals surface area (Å²) in [6.45, 7) is 0. The number of imidazole rings is 1. The van der Waals surface area contributed by atoms with Gasteiger partial charge in [0.25, 0.3) is 0 Å². The third-order valence-electron chi connectivity index (χ3n) is 1.56. The second kappa shape index (κ2) is 2.57. The number of hydrogen-bond donors (Lipinski definition) is 1. The van der Waals surface area contributed by atoms with Gasteiger partial charge < -0.3 is 9.38 Å². The van der Waals surface area contributed by atoms with Crippen molar-refractivity contribution in [3.8, 4) is 0 Å². The highest BCUT2D eigenvalue weighted by molar-refractivity contribution is 7.71. The van der Waals surface area contributed by atoms with Crippen molar-refractivity contribution >= 4 is 29.5 Å². The van der Waals surface area contributed by atoms with Gasteiger partial charge in [-0.2, -0.15) is 4.39 Å². The molecule has 0 saturated heterocycles. The predicted octanol–water partition coefficient (Wildman–Crippen LogP) is 2.79. The van der Waals surface area contributed by atoms with Crippen LogP contribution < -0.4 is 0 Å². The van der Waals surface area contributed by atoms with Crippen molar-refractivity contribution in [1.82, 2.24) is 9.38 Å². The van der Waals surface area contributed by atoms with E-state index in [0.29, 0.717) is 15.2 Å². The summed E-state index contributed by atoms with van der Waals surface area (Å²) in [5.74, 6) is -0.433. The molecular weight excluding hydrogens is 199 g/mol. The minimum Gasteiger partial charge on any atom is -0.315 e. The Morgan fingerprint density at radius 3 is 3.08 bits per heavy atom. The van der Waals surface area contributed by atoms with Gasteiger partial charge in [0, 0.05) is 6.20 Å². The Morgan fingerprint density at radius 2 is 2.33 bits per heavy atom. The fraction of sp³-hybridized carbons (Fsp3) is 0. The van der Waals surface area contributed by atoms with Gasteiger partial charge in [0.05, 0.1) is 15.7 Å². The Balaban J connectivity index is 2.99. The molecule has 0 bridgehead atoms. The molecule has 2 heterocycles. The lowest BCUT2D eigenvalue weighted by molar-refractivity contribution is 0.592. The predicted molar refractivity (Wildman–Crippen MR) is 47.5 cm³/mol. The maximum Gasteiger partial charge on any atom is 0.209 e. The number of nitrogens with one attached hydrogen (secondary N) is 1. The average molecular weight is 203 g/mol. The lowest BCUT2D eigenvalue weighted by atomic mass is 10.5. The van der Waals surface area contributed by atoms with E-state index in [1.54, 1.807) is 16.7 Å². The minimum absolute atomic E-state index is 0.372. The molecule has 0 aliphatic heterocycles. The summed E-state index contributed by atoms with van der Waals surface area (Å²) in [7, 11) is 0. The summed E-state index contributed by atoms with van der Waals surface area (Å²) in [4.78, 5) is 2.47. The van der Waals surface area contributed by atoms with Crippen molar-refractivity contribution in [1.29, 1.82) is 0 Å². The molecule has 2 aromatic heterocycles. The largest absolute Gasteiger partial charge is 0.315 e. The van der Waals surface area contributed by atoms with E-state index in [1.165, 1.54) is 6.20 Å². The summed E-state index contributed by atoms with van der Waals surface area (Å²) in [5.41, 5.74) is 0.488. The Morgan fingerprint density at radius 1 is 1.58 bits per heavy atom. The first kappa shape index (κ1) is 7.76. The number of nitrogens with zero attached hydrogens (tertiary/aromatic N) is 1. The number of aromatic nitrogens is 2. The molecule has 2 aromatic rings. The summed E-state index contributed by atoms with van der Waals surface area (Å²) in [6.07, 6.45) is 2.96. The van der Waals surface area contributed by atoms with E-state index in [0.717, 1.165) is 0 Å². The number of hydrogen-bond acceptors (Lipinski definition) is 1. The fourth-order valence-electron chi connectivity index (χ4n) is 1.02. The van der Waals surface area contributed by atoms with E-state index in [-0.39, 0.29) is 0 Å². The number of halogens is 2. The summed E-state index contributed by atoms with van der Waals surface area (Å²) in [5, 5.41) is 0.372. The zero-order valence-electron chi connectivity index (χ0n) is 5.84. The topological polar surface area (TPSA) is 20.2 Å². The number of fused-ring (bicyclic) bond motifs is 1. The van der Waals surface area contributed by atoms with E-state index in [9.17, 15) is 4.39 Å². The van der Waals surface area contributed by atoms with Crippen LogP contribution in [0.15, 0.2) is 18.5 Å². The van der Waals surface area contributed by atoms with Crippen LogP contribution in [-0.4, -0.2) is 9.38 Å². The second-order valence-electron chi connectivity index (χ2n) is 2.35. The lowest BCUT2D eigenvalue weighted by Crippen LogP contribution is -1.82. The van der Waals surface area contributed by atoms with Crippen LogP contribution in [0.3, 0.4) is 0 Å². The van der Waals surface area contributed by atoms with Crippen molar-refractivity contribution in [2.24, 2.45) is 0 Å². The zero-order valence-corrected chi connectivity index (χ0v) is 7.42. The molecule has 0 fully saturated rings. The van der Waals surface area contributed by atoms with Gasteiger partial charge in [-0.15, -0.1) is 0 Å². The molecule has 0 unspecified atom stereocenters. The third kappa shape index (κ3) is 1.04. The molecule has 0 spiro atoms. The van der Waals surface area contributed by atoms with Gasteiger partial charge in [-0.25, -0.2) is 0 Å². The van der Waals surface area contributed by atoms with Crippen molar-refractivity contribution < 1.29 is 4.39 Å². The van der Waals surface area contributed by atoms with Crippen LogP contribution >= 0.6 is 23.8 Å². The molecule has 12 heavy (non-hydrogen) atoms. The number of aromatic amines is 1. The molecule has 1 N–H and O–H groups in total. The molecular formula is C7H4ClFN2S.